The van der Waals surface area contributed by atoms with Gasteiger partial charge in [-0.05, 0) is 23.3 Å². The molecule has 0 N–H and O–H groups in total. The maximum absolute atomic E-state index is 13.4. The number of nitrogens with zero attached hydrogens (tertiary/aromatic N) is 2. The van der Waals surface area contributed by atoms with Crippen LogP contribution in [0.2, 0.25) is 0 Å². The molecule has 10 heteroatoms. The van der Waals surface area contributed by atoms with Gasteiger partial charge in [0.15, 0.2) is 0 Å². The van der Waals surface area contributed by atoms with Crippen molar-refractivity contribution in [1.29, 1.82) is 0 Å². The van der Waals surface area contributed by atoms with E-state index in [2.05, 4.69) is 0 Å². The molecule has 0 aliphatic carbocycles. The summed E-state index contributed by atoms with van der Waals surface area (Å²) in [6.45, 7) is 0. The standard InChI is InChI=1S/C28H22F6N2O2/c1-35(17-21(25(37)27(29,30)31)19-11-5-3-6-12-19)23-15-9-10-16-24(23)36(2)18-22(26(38)28(32,33)34)20-13-7-4-8-14-20/h3-18H,1-2H3/b21-17+,22-18+. The number of hydrogen-bond donors (Lipinski definition) is 0. The van der Waals surface area contributed by atoms with E-state index in [0.29, 0.717) is 0 Å². The van der Waals surface area contributed by atoms with Crippen LogP contribution in [0.15, 0.2) is 97.3 Å². The van der Waals surface area contributed by atoms with E-state index in [1.807, 2.05) is 0 Å². The highest BCUT2D eigenvalue weighted by Crippen LogP contribution is 2.34. The fourth-order valence-electron chi connectivity index (χ4n) is 3.66. The van der Waals surface area contributed by atoms with Gasteiger partial charge in [-0.3, -0.25) is 9.59 Å². The van der Waals surface area contributed by atoms with Crippen molar-refractivity contribution in [2.24, 2.45) is 0 Å². The number of allylic oxidation sites excluding steroid dienone is 2. The number of alkyl halides is 6. The second-order valence-corrected chi connectivity index (χ2v) is 8.18. The molecule has 3 rings (SSSR count). The Bertz CT molecular complexity index is 1240. The Kier molecular flexibility index (Phi) is 8.45. The molecule has 0 amide bonds. The predicted molar refractivity (Wildman–Crippen MR) is 134 cm³/mol. The first-order chi connectivity index (χ1) is 17.8. The van der Waals surface area contributed by atoms with Gasteiger partial charge < -0.3 is 9.80 Å². The Morgan fingerprint density at radius 3 is 1.13 bits per heavy atom. The van der Waals surface area contributed by atoms with Crippen LogP contribution >= 0.6 is 0 Å². The van der Waals surface area contributed by atoms with Crippen molar-refractivity contribution in [1.82, 2.24) is 0 Å². The molecule has 0 aliphatic rings. The third-order valence-electron chi connectivity index (χ3n) is 5.46. The lowest BCUT2D eigenvalue weighted by atomic mass is 10.0. The van der Waals surface area contributed by atoms with Crippen molar-refractivity contribution in [3.63, 3.8) is 0 Å². The Balaban J connectivity index is 2.10. The maximum Gasteiger partial charge on any atom is 0.454 e. The van der Waals surface area contributed by atoms with Gasteiger partial charge in [0.1, 0.15) is 0 Å². The van der Waals surface area contributed by atoms with Gasteiger partial charge in [0.2, 0.25) is 0 Å². The van der Waals surface area contributed by atoms with E-state index >= 15 is 0 Å². The van der Waals surface area contributed by atoms with Crippen LogP contribution in [0.3, 0.4) is 0 Å². The number of Topliss-reactive ketones (excluding diaryl/α,β-unsaturated/α-hetero) is 2. The van der Waals surface area contributed by atoms with Gasteiger partial charge in [-0.15, -0.1) is 0 Å². The largest absolute Gasteiger partial charge is 0.454 e. The van der Waals surface area contributed by atoms with Crippen LogP contribution in [0.1, 0.15) is 11.1 Å². The molecule has 0 aliphatic heterocycles. The molecule has 0 aromatic heterocycles. The van der Waals surface area contributed by atoms with Crippen LogP contribution in [0.4, 0.5) is 37.7 Å². The van der Waals surface area contributed by atoms with Gasteiger partial charge in [0, 0.05) is 26.5 Å². The first kappa shape index (κ1) is 28.2. The normalized spacial score (nSPS) is 12.7. The van der Waals surface area contributed by atoms with Crippen molar-refractivity contribution in [2.45, 2.75) is 12.4 Å². The molecule has 3 aromatic rings. The molecule has 38 heavy (non-hydrogen) atoms. The van der Waals surface area contributed by atoms with Crippen molar-refractivity contribution >= 4 is 34.1 Å². The molecule has 0 heterocycles. The SMILES string of the molecule is CN(/C=C(/C(=O)C(F)(F)F)c1ccccc1)c1ccccc1N(C)/C=C(/C(=O)C(F)(F)F)c1ccccc1. The highest BCUT2D eigenvalue weighted by molar-refractivity contribution is 6.24. The Morgan fingerprint density at radius 2 is 0.842 bits per heavy atom. The lowest BCUT2D eigenvalue weighted by Crippen LogP contribution is -2.26. The quantitative estimate of drug-likeness (QED) is 0.234. The summed E-state index contributed by atoms with van der Waals surface area (Å²) in [5.74, 6) is -4.10. The summed E-state index contributed by atoms with van der Waals surface area (Å²) in [7, 11) is 2.81. The van der Waals surface area contributed by atoms with Gasteiger partial charge in [-0.1, -0.05) is 72.8 Å². The molecule has 0 saturated carbocycles. The van der Waals surface area contributed by atoms with Crippen molar-refractivity contribution in [3.8, 4) is 0 Å². The van der Waals surface area contributed by atoms with Crippen LogP contribution in [0, 0.1) is 0 Å². The second-order valence-electron chi connectivity index (χ2n) is 8.18. The number of rotatable bonds is 8. The zero-order valence-electron chi connectivity index (χ0n) is 20.2. The van der Waals surface area contributed by atoms with Crippen molar-refractivity contribution < 1.29 is 35.9 Å². The van der Waals surface area contributed by atoms with Crippen LogP contribution in [0.5, 0.6) is 0 Å². The summed E-state index contributed by atoms with van der Waals surface area (Å²) in [6, 6.07) is 20.8. The van der Waals surface area contributed by atoms with Crippen molar-refractivity contribution in [2.75, 3.05) is 23.9 Å². The summed E-state index contributed by atoms with van der Waals surface area (Å²) in [6.07, 6.45) is -8.24. The van der Waals surface area contributed by atoms with Crippen LogP contribution in [0.25, 0.3) is 11.1 Å². The average molecular weight is 532 g/mol. The molecular weight excluding hydrogens is 510 g/mol. The van der Waals surface area contributed by atoms with E-state index < -0.39 is 35.1 Å². The smallest absolute Gasteiger partial charge is 0.349 e. The van der Waals surface area contributed by atoms with E-state index in [4.69, 9.17) is 0 Å². The molecule has 0 fully saturated rings. The van der Waals surface area contributed by atoms with Gasteiger partial charge in [-0.2, -0.15) is 26.3 Å². The summed E-state index contributed by atoms with van der Waals surface area (Å²) in [5, 5.41) is 0. The van der Waals surface area contributed by atoms with E-state index in [-0.39, 0.29) is 22.5 Å². The zero-order valence-corrected chi connectivity index (χ0v) is 20.2. The number of carbonyl (C=O) groups excluding carboxylic acids is 2. The number of para-hydroxylation sites is 2. The number of halogens is 6. The monoisotopic (exact) mass is 532 g/mol. The zero-order chi connectivity index (χ0) is 28.1. The Morgan fingerprint density at radius 1 is 0.553 bits per heavy atom. The van der Waals surface area contributed by atoms with E-state index in [1.165, 1.54) is 84.6 Å². The minimum atomic E-state index is -5.13. The molecule has 0 spiro atoms. The topological polar surface area (TPSA) is 40.6 Å². The minimum absolute atomic E-state index is 0.0366. The minimum Gasteiger partial charge on any atom is -0.349 e. The predicted octanol–water partition coefficient (Wildman–Crippen LogP) is 6.90. The van der Waals surface area contributed by atoms with Gasteiger partial charge in [-0.25, -0.2) is 0 Å². The fourth-order valence-corrected chi connectivity index (χ4v) is 3.66. The average Bonchev–Trinajstić information content (AvgIpc) is 2.89. The molecule has 0 radical (unpaired) electrons. The summed E-state index contributed by atoms with van der Waals surface area (Å²) >= 11 is 0. The number of anilines is 2. The highest BCUT2D eigenvalue weighted by Gasteiger charge is 2.42. The third-order valence-corrected chi connectivity index (χ3v) is 5.46. The lowest BCUT2D eigenvalue weighted by Gasteiger charge is -2.25. The number of ketones is 2. The molecule has 3 aromatic carbocycles. The van der Waals surface area contributed by atoms with Gasteiger partial charge >= 0.3 is 12.4 Å². The van der Waals surface area contributed by atoms with Crippen LogP contribution in [-0.2, 0) is 9.59 Å². The van der Waals surface area contributed by atoms with E-state index in [1.54, 1.807) is 24.3 Å². The second kappa shape index (κ2) is 11.4. The Hall–Kier alpha value is -4.34. The lowest BCUT2D eigenvalue weighted by molar-refractivity contribution is -0.164. The molecule has 0 unspecified atom stereocenters. The van der Waals surface area contributed by atoms with E-state index in [0.717, 1.165) is 12.4 Å². The van der Waals surface area contributed by atoms with Crippen LogP contribution < -0.4 is 9.80 Å². The molecule has 198 valence electrons. The number of benzene rings is 3. The van der Waals surface area contributed by atoms with E-state index in [9.17, 15) is 35.9 Å². The van der Waals surface area contributed by atoms with Crippen molar-refractivity contribution in [3.05, 3.63) is 108 Å². The number of hydrogen-bond acceptors (Lipinski definition) is 4. The summed E-state index contributed by atoms with van der Waals surface area (Å²) < 4.78 is 80.2. The van der Waals surface area contributed by atoms with Gasteiger partial charge in [0.05, 0.1) is 22.5 Å². The summed E-state index contributed by atoms with van der Waals surface area (Å²) in [4.78, 5) is 27.0. The molecular formula is C28H22F6N2O2. The summed E-state index contributed by atoms with van der Waals surface area (Å²) in [5.41, 5.74) is -0.635. The number of carbonyl (C=O) groups is 2. The van der Waals surface area contributed by atoms with Gasteiger partial charge in [0.25, 0.3) is 11.6 Å². The molecule has 0 saturated heterocycles. The molecule has 0 atom stereocenters. The Labute approximate surface area is 215 Å². The van der Waals surface area contributed by atoms with Crippen LogP contribution in [-0.4, -0.2) is 38.0 Å². The first-order valence-corrected chi connectivity index (χ1v) is 11.1. The molecule has 4 nitrogen and oxygen atoms in total. The first-order valence-electron chi connectivity index (χ1n) is 11.1. The third kappa shape index (κ3) is 6.70. The molecule has 0 bridgehead atoms. The highest BCUT2D eigenvalue weighted by atomic mass is 19.4. The fraction of sp³-hybridized carbons (Fsp3) is 0.143. The maximum atomic E-state index is 13.4.